The SMILES string of the molecule is C=CCc1ccccc1OCCn1c(C(C)NC(=O)c2ccc(OC)c(OC)c2)nc2ccccc21. The van der Waals surface area contributed by atoms with E-state index in [4.69, 9.17) is 19.2 Å². The van der Waals surface area contributed by atoms with Crippen molar-refractivity contribution < 1.29 is 19.0 Å². The maximum absolute atomic E-state index is 13.0. The van der Waals surface area contributed by atoms with E-state index >= 15 is 0 Å². The third-order valence-electron chi connectivity index (χ3n) is 5.97. The van der Waals surface area contributed by atoms with E-state index in [1.807, 2.05) is 61.5 Å². The maximum atomic E-state index is 13.0. The van der Waals surface area contributed by atoms with Gasteiger partial charge in [0.1, 0.15) is 18.2 Å². The minimum absolute atomic E-state index is 0.225. The van der Waals surface area contributed by atoms with Gasteiger partial charge in [-0.25, -0.2) is 4.98 Å². The number of amides is 1. The van der Waals surface area contributed by atoms with Crippen LogP contribution in [0, 0.1) is 0 Å². The Bertz CT molecular complexity index is 1360. The number of nitrogens with one attached hydrogen (secondary N) is 1. The van der Waals surface area contributed by atoms with E-state index in [0.717, 1.165) is 34.6 Å². The second-order valence-electron chi connectivity index (χ2n) is 8.32. The second-order valence-corrected chi connectivity index (χ2v) is 8.32. The number of para-hydroxylation sites is 3. The molecule has 0 aliphatic rings. The van der Waals surface area contributed by atoms with Gasteiger partial charge in [0.15, 0.2) is 11.5 Å². The Morgan fingerprint density at radius 1 is 1.03 bits per heavy atom. The van der Waals surface area contributed by atoms with Gasteiger partial charge in [0.2, 0.25) is 0 Å². The highest BCUT2D eigenvalue weighted by atomic mass is 16.5. The topological polar surface area (TPSA) is 74.6 Å². The van der Waals surface area contributed by atoms with Gasteiger partial charge in [0, 0.05) is 5.56 Å². The highest BCUT2D eigenvalue weighted by Crippen LogP contribution is 2.28. The van der Waals surface area contributed by atoms with Gasteiger partial charge in [-0.3, -0.25) is 4.79 Å². The van der Waals surface area contributed by atoms with Crippen LogP contribution in [0.5, 0.6) is 17.2 Å². The summed E-state index contributed by atoms with van der Waals surface area (Å²) in [5, 5.41) is 3.07. The zero-order valence-corrected chi connectivity index (χ0v) is 20.9. The van der Waals surface area contributed by atoms with Crippen molar-refractivity contribution in [2.45, 2.75) is 25.9 Å². The van der Waals surface area contributed by atoms with E-state index in [2.05, 4.69) is 16.5 Å². The molecule has 1 amide bonds. The number of aromatic nitrogens is 2. The predicted molar refractivity (Wildman–Crippen MR) is 141 cm³/mol. The summed E-state index contributed by atoms with van der Waals surface area (Å²) in [4.78, 5) is 17.9. The van der Waals surface area contributed by atoms with E-state index in [9.17, 15) is 4.79 Å². The van der Waals surface area contributed by atoms with Gasteiger partial charge in [-0.1, -0.05) is 36.4 Å². The number of ether oxygens (including phenoxy) is 3. The average molecular weight is 486 g/mol. The lowest BCUT2D eigenvalue weighted by Crippen LogP contribution is -2.29. The zero-order chi connectivity index (χ0) is 25.5. The van der Waals surface area contributed by atoms with E-state index in [-0.39, 0.29) is 11.9 Å². The van der Waals surface area contributed by atoms with Crippen LogP contribution in [-0.4, -0.2) is 36.3 Å². The number of hydrogen-bond donors (Lipinski definition) is 1. The fraction of sp³-hybridized carbons (Fsp3) is 0.241. The molecule has 0 spiro atoms. The number of nitrogens with zero attached hydrogens (tertiary/aromatic N) is 2. The van der Waals surface area contributed by atoms with Crippen molar-refractivity contribution in [2.24, 2.45) is 0 Å². The number of fused-ring (bicyclic) bond motifs is 1. The van der Waals surface area contributed by atoms with Crippen LogP contribution in [0.25, 0.3) is 11.0 Å². The molecular formula is C29H31N3O4. The van der Waals surface area contributed by atoms with E-state index < -0.39 is 0 Å². The zero-order valence-electron chi connectivity index (χ0n) is 20.9. The summed E-state index contributed by atoms with van der Waals surface area (Å²) < 4.78 is 18.9. The number of imidazole rings is 1. The number of benzene rings is 3. The predicted octanol–water partition coefficient (Wildman–Crippen LogP) is 5.35. The molecule has 4 aromatic rings. The Morgan fingerprint density at radius 3 is 2.56 bits per heavy atom. The van der Waals surface area contributed by atoms with Gasteiger partial charge in [-0.05, 0) is 55.3 Å². The van der Waals surface area contributed by atoms with Gasteiger partial charge in [0.25, 0.3) is 5.91 Å². The van der Waals surface area contributed by atoms with E-state index in [1.165, 1.54) is 0 Å². The number of carbonyl (C=O) groups excluding carboxylic acids is 1. The van der Waals surface area contributed by atoms with Crippen LogP contribution < -0.4 is 19.5 Å². The van der Waals surface area contributed by atoms with Crippen molar-refractivity contribution in [1.29, 1.82) is 0 Å². The summed E-state index contributed by atoms with van der Waals surface area (Å²) in [5.41, 5.74) is 3.43. The van der Waals surface area contributed by atoms with Crippen molar-refractivity contribution >= 4 is 16.9 Å². The van der Waals surface area contributed by atoms with Gasteiger partial charge in [-0.15, -0.1) is 6.58 Å². The monoisotopic (exact) mass is 485 g/mol. The van der Waals surface area contributed by atoms with Gasteiger partial charge < -0.3 is 24.1 Å². The third kappa shape index (κ3) is 5.35. The lowest BCUT2D eigenvalue weighted by atomic mass is 10.1. The average Bonchev–Trinajstić information content (AvgIpc) is 3.28. The summed E-state index contributed by atoms with van der Waals surface area (Å²) in [6.45, 7) is 6.79. The minimum Gasteiger partial charge on any atom is -0.493 e. The molecule has 4 rings (SSSR count). The molecule has 186 valence electrons. The fourth-order valence-corrected chi connectivity index (χ4v) is 4.20. The molecule has 0 saturated heterocycles. The Kier molecular flexibility index (Phi) is 7.90. The standard InChI is InChI=1S/C29H31N3O4/c1-5-10-21-11-6-9-14-25(21)36-18-17-32-24-13-8-7-12-23(24)31-28(32)20(2)30-29(33)22-15-16-26(34-3)27(19-22)35-4/h5-9,11-16,19-20H,1,10,17-18H2,2-4H3,(H,30,33). The fourth-order valence-electron chi connectivity index (χ4n) is 4.20. The molecule has 0 fully saturated rings. The summed E-state index contributed by atoms with van der Waals surface area (Å²) in [5.74, 6) is 2.44. The summed E-state index contributed by atoms with van der Waals surface area (Å²) in [6.07, 6.45) is 2.61. The van der Waals surface area contributed by atoms with E-state index in [0.29, 0.717) is 30.2 Å². The molecule has 1 atom stereocenters. The van der Waals surface area contributed by atoms with Crippen LogP contribution >= 0.6 is 0 Å². The number of rotatable bonds is 11. The Hall–Kier alpha value is -4.26. The Balaban J connectivity index is 1.54. The number of allylic oxidation sites excluding steroid dienone is 1. The summed E-state index contributed by atoms with van der Waals surface area (Å²) in [6, 6.07) is 20.7. The molecule has 1 aromatic heterocycles. The van der Waals surface area contributed by atoms with Crippen molar-refractivity contribution in [1.82, 2.24) is 14.9 Å². The molecule has 36 heavy (non-hydrogen) atoms. The minimum atomic E-state index is -0.342. The third-order valence-corrected chi connectivity index (χ3v) is 5.97. The molecule has 0 aliphatic carbocycles. The number of carbonyl (C=O) groups is 1. The molecule has 0 saturated carbocycles. The first-order valence-corrected chi connectivity index (χ1v) is 11.8. The van der Waals surface area contributed by atoms with Crippen molar-refractivity contribution in [3.63, 3.8) is 0 Å². The van der Waals surface area contributed by atoms with Gasteiger partial charge >= 0.3 is 0 Å². The molecular weight excluding hydrogens is 454 g/mol. The molecule has 0 bridgehead atoms. The first-order chi connectivity index (χ1) is 17.5. The van der Waals surface area contributed by atoms with Gasteiger partial charge in [0.05, 0.1) is 37.8 Å². The highest BCUT2D eigenvalue weighted by molar-refractivity contribution is 5.95. The molecule has 0 aliphatic heterocycles. The van der Waals surface area contributed by atoms with Crippen LogP contribution in [0.4, 0.5) is 0 Å². The number of hydrogen-bond acceptors (Lipinski definition) is 5. The van der Waals surface area contributed by atoms with Crippen LogP contribution in [0.15, 0.2) is 79.4 Å². The second kappa shape index (κ2) is 11.4. The lowest BCUT2D eigenvalue weighted by Gasteiger charge is -2.18. The smallest absolute Gasteiger partial charge is 0.251 e. The van der Waals surface area contributed by atoms with Crippen LogP contribution in [-0.2, 0) is 13.0 Å². The van der Waals surface area contributed by atoms with Gasteiger partial charge in [-0.2, -0.15) is 0 Å². The van der Waals surface area contributed by atoms with Crippen molar-refractivity contribution in [2.75, 3.05) is 20.8 Å². The molecule has 1 unspecified atom stereocenters. The summed E-state index contributed by atoms with van der Waals surface area (Å²) in [7, 11) is 3.11. The van der Waals surface area contributed by atoms with Crippen molar-refractivity contribution in [3.05, 3.63) is 96.3 Å². The molecule has 7 nitrogen and oxygen atoms in total. The summed E-state index contributed by atoms with van der Waals surface area (Å²) >= 11 is 0. The maximum Gasteiger partial charge on any atom is 0.251 e. The highest BCUT2D eigenvalue weighted by Gasteiger charge is 2.20. The molecule has 0 radical (unpaired) electrons. The first kappa shape index (κ1) is 24.9. The Labute approximate surface area is 211 Å². The van der Waals surface area contributed by atoms with Crippen LogP contribution in [0.2, 0.25) is 0 Å². The lowest BCUT2D eigenvalue weighted by molar-refractivity contribution is 0.0937. The van der Waals surface area contributed by atoms with Crippen LogP contribution in [0.3, 0.4) is 0 Å². The molecule has 1 heterocycles. The Morgan fingerprint density at radius 2 is 1.78 bits per heavy atom. The van der Waals surface area contributed by atoms with Crippen molar-refractivity contribution in [3.8, 4) is 17.2 Å². The normalized spacial score (nSPS) is 11.6. The number of methoxy groups -OCH3 is 2. The molecule has 3 aromatic carbocycles. The largest absolute Gasteiger partial charge is 0.493 e. The quantitative estimate of drug-likeness (QED) is 0.290. The first-order valence-electron chi connectivity index (χ1n) is 11.8. The molecule has 7 heteroatoms. The van der Waals surface area contributed by atoms with Crippen LogP contribution in [0.1, 0.15) is 34.7 Å². The molecule has 1 N–H and O–H groups in total. The van der Waals surface area contributed by atoms with E-state index in [1.54, 1.807) is 32.4 Å².